The maximum atomic E-state index is 6.03. The Kier molecular flexibility index (Phi) is 3.32. The highest BCUT2D eigenvalue weighted by atomic mass is 35.5. The first-order chi connectivity index (χ1) is 11.2. The number of aromatic amines is 1. The van der Waals surface area contributed by atoms with Crippen LogP contribution in [0.3, 0.4) is 0 Å². The van der Waals surface area contributed by atoms with Gasteiger partial charge in [-0.25, -0.2) is 4.98 Å². The van der Waals surface area contributed by atoms with Gasteiger partial charge in [-0.1, -0.05) is 23.7 Å². The molecule has 0 radical (unpaired) electrons. The topological polar surface area (TPSA) is 51.1 Å². The van der Waals surface area contributed by atoms with Crippen molar-refractivity contribution in [2.75, 3.05) is 7.11 Å². The van der Waals surface area contributed by atoms with Crippen molar-refractivity contribution in [2.45, 2.75) is 0 Å². The van der Waals surface area contributed by atoms with Crippen LogP contribution in [0.2, 0.25) is 5.02 Å². The van der Waals surface area contributed by atoms with Crippen LogP contribution in [-0.2, 0) is 0 Å². The highest BCUT2D eigenvalue weighted by Gasteiger charge is 2.11. The second-order valence-corrected chi connectivity index (χ2v) is 5.58. The molecule has 5 heteroatoms. The number of fused-ring (bicyclic) bond motifs is 1. The normalized spacial score (nSPS) is 11.0. The van der Waals surface area contributed by atoms with Crippen molar-refractivity contribution in [1.82, 2.24) is 9.97 Å². The predicted molar refractivity (Wildman–Crippen MR) is 90.8 cm³/mol. The number of hydrogen-bond donors (Lipinski definition) is 1. The van der Waals surface area contributed by atoms with E-state index >= 15 is 0 Å². The van der Waals surface area contributed by atoms with Crippen LogP contribution in [0.1, 0.15) is 0 Å². The summed E-state index contributed by atoms with van der Waals surface area (Å²) in [5.74, 6) is 2.89. The molecule has 0 spiro atoms. The van der Waals surface area contributed by atoms with Gasteiger partial charge in [-0.2, -0.15) is 0 Å². The number of halogens is 1. The van der Waals surface area contributed by atoms with Gasteiger partial charge >= 0.3 is 0 Å². The summed E-state index contributed by atoms with van der Waals surface area (Å²) < 4.78 is 11.1. The van der Waals surface area contributed by atoms with E-state index in [1.54, 1.807) is 7.11 Å². The molecule has 23 heavy (non-hydrogen) atoms. The Morgan fingerprint density at radius 2 is 1.91 bits per heavy atom. The van der Waals surface area contributed by atoms with Crippen LogP contribution in [0.5, 0.6) is 5.75 Å². The molecule has 1 N–H and O–H groups in total. The van der Waals surface area contributed by atoms with E-state index in [1.165, 1.54) is 0 Å². The SMILES string of the molecule is COc1ccc2nc(-c3ccc(-c4cccc(Cl)c4)o3)[nH]c2c1. The van der Waals surface area contributed by atoms with Gasteiger partial charge in [0.15, 0.2) is 11.6 Å². The van der Waals surface area contributed by atoms with Gasteiger partial charge in [0.05, 0.1) is 18.1 Å². The number of methoxy groups -OCH3 is 1. The first-order valence-corrected chi connectivity index (χ1v) is 7.50. The lowest BCUT2D eigenvalue weighted by atomic mass is 10.2. The molecule has 0 fully saturated rings. The van der Waals surface area contributed by atoms with Crippen LogP contribution in [0.4, 0.5) is 0 Å². The molecule has 0 aliphatic heterocycles. The Morgan fingerprint density at radius 1 is 1.04 bits per heavy atom. The molecule has 4 nitrogen and oxygen atoms in total. The zero-order chi connectivity index (χ0) is 15.8. The van der Waals surface area contributed by atoms with Crippen LogP contribution in [0, 0.1) is 0 Å². The lowest BCUT2D eigenvalue weighted by Gasteiger charge is -1.97. The van der Waals surface area contributed by atoms with Crippen molar-refractivity contribution in [2.24, 2.45) is 0 Å². The number of nitrogens with zero attached hydrogens (tertiary/aromatic N) is 1. The number of hydrogen-bond acceptors (Lipinski definition) is 3. The fourth-order valence-electron chi connectivity index (χ4n) is 2.49. The van der Waals surface area contributed by atoms with Crippen LogP contribution in [0.25, 0.3) is 33.9 Å². The molecule has 2 heterocycles. The first kappa shape index (κ1) is 13.9. The Balaban J connectivity index is 1.74. The minimum Gasteiger partial charge on any atom is -0.497 e. The van der Waals surface area contributed by atoms with Gasteiger partial charge in [0.25, 0.3) is 0 Å². The van der Waals surface area contributed by atoms with Crippen molar-refractivity contribution in [3.63, 3.8) is 0 Å². The molecular weight excluding hydrogens is 312 g/mol. The van der Waals surface area contributed by atoms with Gasteiger partial charge in [-0.15, -0.1) is 0 Å². The monoisotopic (exact) mass is 324 g/mol. The van der Waals surface area contributed by atoms with E-state index in [1.807, 2.05) is 54.6 Å². The molecule has 0 unspecified atom stereocenters. The third kappa shape index (κ3) is 2.58. The number of imidazole rings is 1. The highest BCUT2D eigenvalue weighted by molar-refractivity contribution is 6.30. The maximum Gasteiger partial charge on any atom is 0.174 e. The third-order valence-corrected chi connectivity index (χ3v) is 3.87. The standard InChI is InChI=1S/C18H13ClN2O2/c1-22-13-5-6-14-15(10-13)21-18(20-14)17-8-7-16(23-17)11-3-2-4-12(19)9-11/h2-10H,1H3,(H,20,21). The van der Waals surface area contributed by atoms with Gasteiger partial charge in [0, 0.05) is 16.7 Å². The van der Waals surface area contributed by atoms with Gasteiger partial charge < -0.3 is 14.1 Å². The molecule has 0 atom stereocenters. The molecule has 2 aromatic heterocycles. The van der Waals surface area contributed by atoms with Crippen molar-refractivity contribution in [3.05, 3.63) is 59.6 Å². The number of rotatable bonds is 3. The second-order valence-electron chi connectivity index (χ2n) is 5.14. The van der Waals surface area contributed by atoms with Crippen LogP contribution in [-0.4, -0.2) is 17.1 Å². The number of aromatic nitrogens is 2. The number of ether oxygens (including phenoxy) is 1. The van der Waals surface area contributed by atoms with Gasteiger partial charge in [0.1, 0.15) is 11.5 Å². The van der Waals surface area contributed by atoms with E-state index in [-0.39, 0.29) is 0 Å². The van der Waals surface area contributed by atoms with E-state index in [0.29, 0.717) is 16.6 Å². The lowest BCUT2D eigenvalue weighted by molar-refractivity contribution is 0.415. The molecule has 0 aliphatic rings. The highest BCUT2D eigenvalue weighted by Crippen LogP contribution is 2.30. The summed E-state index contributed by atoms with van der Waals surface area (Å²) in [6.45, 7) is 0. The Labute approximate surface area is 137 Å². The molecule has 0 amide bonds. The van der Waals surface area contributed by atoms with Crippen molar-refractivity contribution >= 4 is 22.6 Å². The minimum absolute atomic E-state index is 0.676. The molecular formula is C18H13ClN2O2. The average Bonchev–Trinajstić information content (AvgIpc) is 3.20. The lowest BCUT2D eigenvalue weighted by Crippen LogP contribution is -1.81. The second kappa shape index (κ2) is 5.48. The number of benzene rings is 2. The molecule has 4 aromatic rings. The predicted octanol–water partition coefficient (Wildman–Crippen LogP) is 5.15. The van der Waals surface area contributed by atoms with Gasteiger partial charge in [-0.05, 0) is 36.4 Å². The molecule has 4 rings (SSSR count). The Bertz CT molecular complexity index is 988. The van der Waals surface area contributed by atoms with Crippen LogP contribution >= 0.6 is 11.6 Å². The van der Waals surface area contributed by atoms with Crippen LogP contribution < -0.4 is 4.74 Å². The number of furan rings is 1. The zero-order valence-electron chi connectivity index (χ0n) is 12.3. The molecule has 2 aromatic carbocycles. The van der Waals surface area contributed by atoms with E-state index in [9.17, 15) is 0 Å². The van der Waals surface area contributed by atoms with Gasteiger partial charge in [0.2, 0.25) is 0 Å². The third-order valence-electron chi connectivity index (χ3n) is 3.64. The van der Waals surface area contributed by atoms with E-state index < -0.39 is 0 Å². The maximum absolute atomic E-state index is 6.03. The molecule has 114 valence electrons. The summed E-state index contributed by atoms with van der Waals surface area (Å²) in [7, 11) is 1.64. The van der Waals surface area contributed by atoms with Crippen LogP contribution in [0.15, 0.2) is 59.0 Å². The average molecular weight is 325 g/mol. The smallest absolute Gasteiger partial charge is 0.174 e. The van der Waals surface area contributed by atoms with E-state index in [4.69, 9.17) is 20.8 Å². The quantitative estimate of drug-likeness (QED) is 0.567. The Hall–Kier alpha value is -2.72. The zero-order valence-corrected chi connectivity index (χ0v) is 13.1. The summed E-state index contributed by atoms with van der Waals surface area (Å²) in [6.07, 6.45) is 0. The summed E-state index contributed by atoms with van der Waals surface area (Å²) in [4.78, 5) is 7.80. The van der Waals surface area contributed by atoms with Crippen molar-refractivity contribution in [3.8, 4) is 28.7 Å². The molecule has 0 bridgehead atoms. The van der Waals surface area contributed by atoms with E-state index in [0.717, 1.165) is 28.1 Å². The number of H-pyrrole nitrogens is 1. The Morgan fingerprint density at radius 3 is 2.74 bits per heavy atom. The molecule has 0 aliphatic carbocycles. The molecule has 0 saturated carbocycles. The summed E-state index contributed by atoms with van der Waals surface area (Å²) >= 11 is 6.03. The fourth-order valence-corrected chi connectivity index (χ4v) is 2.68. The largest absolute Gasteiger partial charge is 0.497 e. The number of nitrogens with one attached hydrogen (secondary N) is 1. The summed E-state index contributed by atoms with van der Waals surface area (Å²) in [6, 6.07) is 17.1. The fraction of sp³-hybridized carbons (Fsp3) is 0.0556. The van der Waals surface area contributed by atoms with Crippen molar-refractivity contribution in [1.29, 1.82) is 0 Å². The van der Waals surface area contributed by atoms with Gasteiger partial charge in [-0.3, -0.25) is 0 Å². The summed E-state index contributed by atoms with van der Waals surface area (Å²) in [5, 5.41) is 0.677. The molecule has 0 saturated heterocycles. The summed E-state index contributed by atoms with van der Waals surface area (Å²) in [5.41, 5.74) is 2.70. The van der Waals surface area contributed by atoms with Crippen molar-refractivity contribution < 1.29 is 9.15 Å². The first-order valence-electron chi connectivity index (χ1n) is 7.13. The minimum atomic E-state index is 0.676. The van der Waals surface area contributed by atoms with E-state index in [2.05, 4.69) is 9.97 Å².